The summed E-state index contributed by atoms with van der Waals surface area (Å²) in [6.45, 7) is 4.28. The van der Waals surface area contributed by atoms with Gasteiger partial charge in [-0.3, -0.25) is 9.59 Å². The van der Waals surface area contributed by atoms with Crippen LogP contribution in [0.4, 0.5) is 0 Å². The number of amides is 2. The molecular formula is C32H44N2O5. The van der Waals surface area contributed by atoms with Gasteiger partial charge in [-0.15, -0.1) is 0 Å². The minimum Gasteiger partial charge on any atom is -0.497 e. The molecule has 2 aromatic rings. The summed E-state index contributed by atoms with van der Waals surface area (Å²) in [5.41, 5.74) is 0.615. The van der Waals surface area contributed by atoms with E-state index in [-0.39, 0.29) is 30.6 Å². The summed E-state index contributed by atoms with van der Waals surface area (Å²) in [5, 5.41) is 0. The van der Waals surface area contributed by atoms with Gasteiger partial charge in [-0.2, -0.15) is 0 Å². The quantitative estimate of drug-likeness (QED) is 0.446. The second-order valence-corrected chi connectivity index (χ2v) is 10.6. The number of ether oxygens (including phenoxy) is 3. The molecule has 7 heteroatoms. The fourth-order valence-electron chi connectivity index (χ4n) is 5.75. The first-order valence-corrected chi connectivity index (χ1v) is 14.7. The largest absolute Gasteiger partial charge is 0.497 e. The van der Waals surface area contributed by atoms with E-state index in [1.807, 2.05) is 52.3 Å². The van der Waals surface area contributed by atoms with Crippen LogP contribution in [-0.2, 0) is 4.79 Å². The van der Waals surface area contributed by atoms with E-state index in [9.17, 15) is 9.59 Å². The smallest absolute Gasteiger partial charge is 0.260 e. The second-order valence-electron chi connectivity index (χ2n) is 10.6. The van der Waals surface area contributed by atoms with E-state index in [1.54, 1.807) is 13.2 Å². The lowest BCUT2D eigenvalue weighted by Crippen LogP contribution is -2.52. The van der Waals surface area contributed by atoms with Gasteiger partial charge < -0.3 is 24.0 Å². The molecule has 7 nitrogen and oxygen atoms in total. The van der Waals surface area contributed by atoms with Crippen molar-refractivity contribution >= 4 is 11.8 Å². The Morgan fingerprint density at radius 1 is 0.923 bits per heavy atom. The van der Waals surface area contributed by atoms with Crippen molar-refractivity contribution in [3.63, 3.8) is 0 Å². The molecule has 2 aromatic carbocycles. The van der Waals surface area contributed by atoms with E-state index >= 15 is 0 Å². The Labute approximate surface area is 233 Å². The van der Waals surface area contributed by atoms with E-state index < -0.39 is 0 Å². The van der Waals surface area contributed by atoms with Crippen molar-refractivity contribution in [2.24, 2.45) is 0 Å². The van der Waals surface area contributed by atoms with Crippen LogP contribution in [0, 0.1) is 0 Å². The first kappa shape index (κ1) is 28.8. The van der Waals surface area contributed by atoms with E-state index in [4.69, 9.17) is 14.2 Å². The van der Waals surface area contributed by atoms with Gasteiger partial charge in [-0.05, 0) is 62.8 Å². The van der Waals surface area contributed by atoms with Crippen molar-refractivity contribution in [2.45, 2.75) is 83.3 Å². The van der Waals surface area contributed by atoms with Crippen molar-refractivity contribution in [3.8, 4) is 17.2 Å². The maximum absolute atomic E-state index is 13.6. The highest BCUT2D eigenvalue weighted by molar-refractivity contribution is 5.97. The first-order valence-electron chi connectivity index (χ1n) is 14.7. The van der Waals surface area contributed by atoms with Crippen LogP contribution < -0.4 is 14.2 Å². The van der Waals surface area contributed by atoms with Crippen LogP contribution in [0.2, 0.25) is 0 Å². The van der Waals surface area contributed by atoms with Crippen molar-refractivity contribution in [3.05, 3.63) is 54.1 Å². The Kier molecular flexibility index (Phi) is 10.9. The predicted molar refractivity (Wildman–Crippen MR) is 153 cm³/mol. The van der Waals surface area contributed by atoms with E-state index in [2.05, 4.69) is 6.92 Å². The molecule has 39 heavy (non-hydrogen) atoms. The maximum atomic E-state index is 13.6. The summed E-state index contributed by atoms with van der Waals surface area (Å²) < 4.78 is 17.9. The number of fused-ring (bicyclic) bond motifs is 2. The number of nitrogens with zero attached hydrogens (tertiary/aromatic N) is 2. The third-order valence-corrected chi connectivity index (χ3v) is 7.80. The zero-order valence-corrected chi connectivity index (χ0v) is 23.6. The Morgan fingerprint density at radius 3 is 2.49 bits per heavy atom. The summed E-state index contributed by atoms with van der Waals surface area (Å²) in [4.78, 5) is 31.2. The van der Waals surface area contributed by atoms with E-state index in [0.717, 1.165) is 77.3 Å². The van der Waals surface area contributed by atoms with Gasteiger partial charge in [0.1, 0.15) is 23.4 Å². The molecule has 0 bridgehead atoms. The number of rotatable bonds is 6. The molecule has 0 radical (unpaired) electrons. The summed E-state index contributed by atoms with van der Waals surface area (Å²) in [6, 6.07) is 14.9. The number of hydrogen-bond acceptors (Lipinski definition) is 5. The predicted octanol–water partition coefficient (Wildman–Crippen LogP) is 6.11. The van der Waals surface area contributed by atoms with Gasteiger partial charge in [0.25, 0.3) is 11.8 Å². The third kappa shape index (κ3) is 7.90. The highest BCUT2D eigenvalue weighted by Crippen LogP contribution is 2.31. The second kappa shape index (κ2) is 14.8. The van der Waals surface area contributed by atoms with E-state index in [1.165, 1.54) is 0 Å². The first-order chi connectivity index (χ1) is 19.1. The topological polar surface area (TPSA) is 68.3 Å². The van der Waals surface area contributed by atoms with Crippen LogP contribution in [0.3, 0.4) is 0 Å². The normalized spacial score (nSPS) is 21.0. The van der Waals surface area contributed by atoms with Gasteiger partial charge in [-0.1, -0.05) is 50.8 Å². The summed E-state index contributed by atoms with van der Waals surface area (Å²) in [7, 11) is 1.61. The van der Waals surface area contributed by atoms with Crippen molar-refractivity contribution in [2.75, 3.05) is 33.4 Å². The molecular weight excluding hydrogens is 492 g/mol. The minimum absolute atomic E-state index is 0.0267. The molecule has 1 saturated carbocycles. The van der Waals surface area contributed by atoms with Gasteiger partial charge in [-0.25, -0.2) is 0 Å². The van der Waals surface area contributed by atoms with Gasteiger partial charge in [0.05, 0.1) is 18.7 Å². The van der Waals surface area contributed by atoms with Crippen LogP contribution in [0.1, 0.15) is 81.5 Å². The maximum Gasteiger partial charge on any atom is 0.260 e. The van der Waals surface area contributed by atoms with Crippen molar-refractivity contribution in [1.29, 1.82) is 0 Å². The third-order valence-electron chi connectivity index (χ3n) is 7.80. The van der Waals surface area contributed by atoms with Crippen molar-refractivity contribution in [1.82, 2.24) is 9.80 Å². The molecule has 1 aliphatic carbocycles. The summed E-state index contributed by atoms with van der Waals surface area (Å²) in [5.74, 6) is 1.94. The summed E-state index contributed by atoms with van der Waals surface area (Å²) in [6.07, 6.45) is 9.74. The van der Waals surface area contributed by atoms with Crippen LogP contribution in [-0.4, -0.2) is 67.1 Å². The van der Waals surface area contributed by atoms with Crippen LogP contribution in [0.15, 0.2) is 48.5 Å². The molecule has 4 rings (SSSR count). The number of carbonyl (C=O) groups is 2. The number of benzene rings is 2. The van der Waals surface area contributed by atoms with Gasteiger partial charge in [0.2, 0.25) is 0 Å². The Bertz CT molecular complexity index is 1070. The highest BCUT2D eigenvalue weighted by atomic mass is 16.5. The molecule has 0 unspecified atom stereocenters. The average molecular weight is 537 g/mol. The molecule has 0 N–H and O–H groups in total. The number of hydrogen-bond donors (Lipinski definition) is 0. The Hall–Kier alpha value is -3.22. The molecule has 1 aliphatic heterocycles. The fourth-order valence-corrected chi connectivity index (χ4v) is 5.75. The molecule has 2 aliphatic rings. The van der Waals surface area contributed by atoms with Gasteiger partial charge >= 0.3 is 0 Å². The minimum atomic E-state index is -0.168. The fraction of sp³-hybridized carbons (Fsp3) is 0.562. The van der Waals surface area contributed by atoms with Crippen LogP contribution in [0.5, 0.6) is 17.2 Å². The van der Waals surface area contributed by atoms with Gasteiger partial charge in [0, 0.05) is 25.7 Å². The molecule has 0 spiro atoms. The van der Waals surface area contributed by atoms with Crippen LogP contribution in [0.25, 0.3) is 0 Å². The molecule has 0 aromatic heterocycles. The number of para-hydroxylation sites is 1. The lowest BCUT2D eigenvalue weighted by atomic mass is 9.90. The van der Waals surface area contributed by atoms with Crippen LogP contribution >= 0.6 is 0 Å². The zero-order chi connectivity index (χ0) is 27.5. The molecule has 0 saturated heterocycles. The molecule has 212 valence electrons. The molecule has 2 amide bonds. The highest BCUT2D eigenvalue weighted by Gasteiger charge is 2.35. The van der Waals surface area contributed by atoms with Gasteiger partial charge in [0.15, 0.2) is 6.61 Å². The average Bonchev–Trinajstić information content (AvgIpc) is 2.97. The molecule has 1 heterocycles. The van der Waals surface area contributed by atoms with E-state index in [0.29, 0.717) is 29.4 Å². The molecule has 2 atom stereocenters. The Morgan fingerprint density at radius 2 is 1.67 bits per heavy atom. The summed E-state index contributed by atoms with van der Waals surface area (Å²) >= 11 is 0. The SMILES string of the molecule is CCCN1CCCCCCCN(C(=O)COc2cccc(OC)c2)[C@@H]2CCCC[C@@H]2Oc2ccccc2C1=O. The lowest BCUT2D eigenvalue weighted by molar-refractivity contribution is -0.139. The molecule has 1 fully saturated rings. The zero-order valence-electron chi connectivity index (χ0n) is 23.6. The number of carbonyl (C=O) groups excluding carboxylic acids is 2. The Balaban J connectivity index is 1.57. The lowest BCUT2D eigenvalue weighted by Gasteiger charge is -2.40. The monoisotopic (exact) mass is 536 g/mol. The van der Waals surface area contributed by atoms with Crippen molar-refractivity contribution < 1.29 is 23.8 Å². The standard InChI is InChI=1S/C32H44N2O5/c1-3-20-33-21-11-5-4-6-12-22-34(31(35)24-38-26-15-13-14-25(23-26)37-2)28-17-8-10-19-30(28)39-29-18-9-7-16-27(29)32(33)36/h7,9,13-16,18,23,28,30H,3-6,8,10-12,17,19-22,24H2,1-2H3/t28-,30+/m1/s1. The number of methoxy groups -OCH3 is 1.